The van der Waals surface area contributed by atoms with E-state index in [9.17, 15) is 23.2 Å². The zero-order valence-corrected chi connectivity index (χ0v) is 19.5. The number of alkyl halides is 3. The van der Waals surface area contributed by atoms with Crippen LogP contribution in [-0.2, 0) is 6.18 Å². The number of pyridine rings is 1. The van der Waals surface area contributed by atoms with Crippen LogP contribution in [0.4, 0.5) is 30.4 Å². The number of nitrogens with one attached hydrogen (secondary N) is 1. The Morgan fingerprint density at radius 3 is 2.43 bits per heavy atom. The highest BCUT2D eigenvalue weighted by atomic mass is 32.1. The van der Waals surface area contributed by atoms with E-state index in [4.69, 9.17) is 11.5 Å². The number of hydrogen-bond acceptors (Lipinski definition) is 6. The van der Waals surface area contributed by atoms with Gasteiger partial charge in [0, 0.05) is 16.6 Å². The van der Waals surface area contributed by atoms with Gasteiger partial charge in [0.15, 0.2) is 0 Å². The average molecular weight is 496 g/mol. The molecule has 1 amide bonds. The summed E-state index contributed by atoms with van der Waals surface area (Å²) in [6.45, 7) is 4.12. The molecule has 2 aromatic heterocycles. The quantitative estimate of drug-likeness (QED) is 0.303. The standard InChI is InChI=1S/C25H20F3N5OS/c1-12(2)13-6-8-14(9-7-13)18-17(11-29)22(31)33-24-19(18)20(30)21(35-24)23(34)32-16-5-3-4-15(10-16)25(26,27)28/h3-10,12H,30H2,1-2H3,(H2,31,33)(H,32,34). The first-order valence-electron chi connectivity index (χ1n) is 10.5. The van der Waals surface area contributed by atoms with Crippen molar-refractivity contribution in [3.63, 3.8) is 0 Å². The number of anilines is 3. The summed E-state index contributed by atoms with van der Waals surface area (Å²) in [5, 5.41) is 12.6. The SMILES string of the molecule is CC(C)c1ccc(-c2c(C#N)c(N)nc3sc(C(=O)Nc4cccc(C(F)(F)F)c4)c(N)c23)cc1. The molecule has 0 saturated heterocycles. The van der Waals surface area contributed by atoms with E-state index in [0.717, 1.165) is 29.0 Å². The minimum Gasteiger partial charge on any atom is -0.397 e. The van der Waals surface area contributed by atoms with E-state index in [0.29, 0.717) is 27.3 Å². The summed E-state index contributed by atoms with van der Waals surface area (Å²) >= 11 is 0.951. The maximum atomic E-state index is 13.0. The summed E-state index contributed by atoms with van der Waals surface area (Å²) in [6, 6.07) is 14.0. The fourth-order valence-electron chi connectivity index (χ4n) is 3.74. The number of rotatable bonds is 4. The molecule has 35 heavy (non-hydrogen) atoms. The van der Waals surface area contributed by atoms with Crippen LogP contribution in [0.25, 0.3) is 21.3 Å². The zero-order chi connectivity index (χ0) is 25.5. The minimum absolute atomic E-state index is 0.00553. The van der Waals surface area contributed by atoms with Gasteiger partial charge in [0.25, 0.3) is 5.91 Å². The van der Waals surface area contributed by atoms with Crippen LogP contribution in [0.1, 0.15) is 46.1 Å². The number of carbonyl (C=O) groups is 1. The molecule has 0 aliphatic carbocycles. The van der Waals surface area contributed by atoms with Gasteiger partial charge in [-0.05, 0) is 35.2 Å². The van der Waals surface area contributed by atoms with Crippen molar-refractivity contribution in [1.29, 1.82) is 5.26 Å². The number of benzene rings is 2. The van der Waals surface area contributed by atoms with E-state index in [-0.39, 0.29) is 27.6 Å². The number of nitrogen functional groups attached to an aromatic ring is 2. The molecule has 0 saturated carbocycles. The molecule has 2 aromatic carbocycles. The van der Waals surface area contributed by atoms with Crippen LogP contribution in [0.5, 0.6) is 0 Å². The molecule has 0 aliphatic heterocycles. The molecular weight excluding hydrogens is 475 g/mol. The van der Waals surface area contributed by atoms with E-state index in [2.05, 4.69) is 30.2 Å². The van der Waals surface area contributed by atoms with Crippen LogP contribution in [0.15, 0.2) is 48.5 Å². The molecule has 2 heterocycles. The molecule has 178 valence electrons. The molecule has 10 heteroatoms. The third-order valence-electron chi connectivity index (χ3n) is 5.54. The van der Waals surface area contributed by atoms with Gasteiger partial charge in [-0.25, -0.2) is 4.98 Å². The lowest BCUT2D eigenvalue weighted by molar-refractivity contribution is -0.137. The van der Waals surface area contributed by atoms with Crippen molar-refractivity contribution < 1.29 is 18.0 Å². The number of aromatic nitrogens is 1. The van der Waals surface area contributed by atoms with Crippen molar-refractivity contribution in [2.45, 2.75) is 25.9 Å². The second-order valence-corrected chi connectivity index (χ2v) is 9.19. The van der Waals surface area contributed by atoms with Crippen LogP contribution < -0.4 is 16.8 Å². The van der Waals surface area contributed by atoms with Crippen LogP contribution in [0, 0.1) is 11.3 Å². The molecule has 4 rings (SSSR count). The van der Waals surface area contributed by atoms with E-state index in [1.807, 2.05) is 24.3 Å². The smallest absolute Gasteiger partial charge is 0.397 e. The number of nitrogens with zero attached hydrogens (tertiary/aromatic N) is 2. The Balaban J connectivity index is 1.82. The number of halogens is 3. The largest absolute Gasteiger partial charge is 0.416 e. The van der Waals surface area contributed by atoms with Crippen LogP contribution in [0.2, 0.25) is 0 Å². The highest BCUT2D eigenvalue weighted by Gasteiger charge is 2.31. The van der Waals surface area contributed by atoms with Crippen molar-refractivity contribution in [2.75, 3.05) is 16.8 Å². The summed E-state index contributed by atoms with van der Waals surface area (Å²) in [5.41, 5.74) is 13.9. The predicted molar refractivity (Wildman–Crippen MR) is 132 cm³/mol. The summed E-state index contributed by atoms with van der Waals surface area (Å²) in [4.78, 5) is 17.6. The first-order chi connectivity index (χ1) is 16.5. The molecule has 0 fully saturated rings. The van der Waals surface area contributed by atoms with Gasteiger partial charge >= 0.3 is 6.18 Å². The zero-order valence-electron chi connectivity index (χ0n) is 18.7. The highest BCUT2D eigenvalue weighted by Crippen LogP contribution is 2.43. The highest BCUT2D eigenvalue weighted by molar-refractivity contribution is 7.21. The Morgan fingerprint density at radius 2 is 1.83 bits per heavy atom. The van der Waals surface area contributed by atoms with E-state index in [1.54, 1.807) is 0 Å². The molecule has 0 bridgehead atoms. The summed E-state index contributed by atoms with van der Waals surface area (Å²) in [5.74, 6) is -0.392. The molecule has 0 aliphatic rings. The minimum atomic E-state index is -4.55. The van der Waals surface area contributed by atoms with Gasteiger partial charge in [0.05, 0.1) is 11.3 Å². The van der Waals surface area contributed by atoms with Crippen molar-refractivity contribution in [1.82, 2.24) is 4.98 Å². The second-order valence-electron chi connectivity index (χ2n) is 8.19. The van der Waals surface area contributed by atoms with E-state index >= 15 is 0 Å². The fraction of sp³-hybridized carbons (Fsp3) is 0.160. The van der Waals surface area contributed by atoms with Crippen LogP contribution in [0.3, 0.4) is 0 Å². The number of hydrogen-bond donors (Lipinski definition) is 3. The van der Waals surface area contributed by atoms with Crippen LogP contribution in [-0.4, -0.2) is 10.9 Å². The number of carbonyl (C=O) groups excluding carboxylic acids is 1. The number of amides is 1. The number of fused-ring (bicyclic) bond motifs is 1. The van der Waals surface area contributed by atoms with Crippen molar-refractivity contribution in [3.05, 3.63) is 70.1 Å². The predicted octanol–water partition coefficient (Wildman–Crippen LogP) is 6.39. The first-order valence-corrected chi connectivity index (χ1v) is 11.3. The lowest BCUT2D eigenvalue weighted by Gasteiger charge is -2.12. The maximum absolute atomic E-state index is 13.0. The monoisotopic (exact) mass is 495 g/mol. The van der Waals surface area contributed by atoms with Gasteiger partial charge in [-0.3, -0.25) is 4.79 Å². The van der Waals surface area contributed by atoms with Crippen molar-refractivity contribution >= 4 is 44.7 Å². The van der Waals surface area contributed by atoms with E-state index < -0.39 is 17.6 Å². The maximum Gasteiger partial charge on any atom is 0.416 e. The van der Waals surface area contributed by atoms with Crippen molar-refractivity contribution in [3.8, 4) is 17.2 Å². The molecule has 5 N–H and O–H groups in total. The molecular formula is C25H20F3N5OS. The number of nitrogens with two attached hydrogens (primary N) is 2. The Hall–Kier alpha value is -4.10. The van der Waals surface area contributed by atoms with E-state index in [1.165, 1.54) is 12.1 Å². The average Bonchev–Trinajstić information content (AvgIpc) is 3.13. The van der Waals surface area contributed by atoms with Gasteiger partial charge in [-0.15, -0.1) is 11.3 Å². The Morgan fingerprint density at radius 1 is 1.14 bits per heavy atom. The molecule has 0 atom stereocenters. The summed E-state index contributed by atoms with van der Waals surface area (Å²) in [6.07, 6.45) is -4.55. The van der Waals surface area contributed by atoms with Gasteiger partial charge in [-0.1, -0.05) is 44.2 Å². The molecule has 0 unspecified atom stereocenters. The summed E-state index contributed by atoms with van der Waals surface area (Å²) in [7, 11) is 0. The lowest BCUT2D eigenvalue weighted by Crippen LogP contribution is -2.13. The Labute approximate surface area is 203 Å². The van der Waals surface area contributed by atoms with Crippen molar-refractivity contribution in [2.24, 2.45) is 0 Å². The van der Waals surface area contributed by atoms with Gasteiger partial charge in [0.1, 0.15) is 27.2 Å². The number of nitriles is 1. The van der Waals surface area contributed by atoms with Crippen LogP contribution >= 0.6 is 11.3 Å². The Bertz CT molecular complexity index is 1480. The summed E-state index contributed by atoms with van der Waals surface area (Å²) < 4.78 is 39.1. The Kier molecular flexibility index (Phi) is 6.13. The first kappa shape index (κ1) is 24.0. The number of thiophene rings is 1. The lowest BCUT2D eigenvalue weighted by atomic mass is 9.94. The third-order valence-corrected chi connectivity index (χ3v) is 6.63. The topological polar surface area (TPSA) is 118 Å². The molecule has 0 radical (unpaired) electrons. The normalized spacial score (nSPS) is 11.6. The van der Waals surface area contributed by atoms with Gasteiger partial charge in [0.2, 0.25) is 0 Å². The third kappa shape index (κ3) is 4.50. The molecule has 0 spiro atoms. The van der Waals surface area contributed by atoms with Gasteiger partial charge in [-0.2, -0.15) is 18.4 Å². The second kappa shape index (κ2) is 8.92. The molecule has 6 nitrogen and oxygen atoms in total. The van der Waals surface area contributed by atoms with Gasteiger partial charge < -0.3 is 16.8 Å². The fourth-order valence-corrected chi connectivity index (χ4v) is 4.74. The molecule has 4 aromatic rings.